The molecule has 0 fully saturated rings. The Morgan fingerprint density at radius 3 is 2.48 bits per heavy atom. The Morgan fingerprint density at radius 1 is 1.00 bits per heavy atom. The van der Waals surface area contributed by atoms with Gasteiger partial charge in [0.05, 0.1) is 6.33 Å². The van der Waals surface area contributed by atoms with Gasteiger partial charge in [0.2, 0.25) is 0 Å². The van der Waals surface area contributed by atoms with Crippen LogP contribution < -0.4 is 10.1 Å². The molecule has 0 aliphatic carbocycles. The Morgan fingerprint density at radius 2 is 1.79 bits per heavy atom. The molecular formula is C24H21N3O2. The number of hydrogen-bond acceptors (Lipinski definition) is 3. The molecule has 144 valence electrons. The van der Waals surface area contributed by atoms with Gasteiger partial charge in [-0.25, -0.2) is 4.98 Å². The summed E-state index contributed by atoms with van der Waals surface area (Å²) in [4.78, 5) is 16.3. The summed E-state index contributed by atoms with van der Waals surface area (Å²) in [6.07, 6.45) is 5.33. The Bertz CT molecular complexity index is 1090. The zero-order chi connectivity index (χ0) is 20.1. The van der Waals surface area contributed by atoms with E-state index in [1.54, 1.807) is 12.5 Å². The van der Waals surface area contributed by atoms with E-state index in [0.29, 0.717) is 5.75 Å². The first kappa shape index (κ1) is 18.5. The van der Waals surface area contributed by atoms with Gasteiger partial charge in [0.15, 0.2) is 6.61 Å². The smallest absolute Gasteiger partial charge is 0.262 e. The van der Waals surface area contributed by atoms with Crippen molar-refractivity contribution in [3.63, 3.8) is 0 Å². The van der Waals surface area contributed by atoms with Crippen molar-refractivity contribution in [1.82, 2.24) is 9.55 Å². The second-order valence-corrected chi connectivity index (χ2v) is 6.70. The molecule has 0 radical (unpaired) electrons. The number of hydrogen-bond donors (Lipinski definition) is 1. The highest BCUT2D eigenvalue weighted by Gasteiger charge is 2.08. The molecule has 29 heavy (non-hydrogen) atoms. The molecule has 0 spiro atoms. The normalized spacial score (nSPS) is 10.5. The predicted molar refractivity (Wildman–Crippen MR) is 114 cm³/mol. The van der Waals surface area contributed by atoms with Gasteiger partial charge in [-0.3, -0.25) is 4.79 Å². The van der Waals surface area contributed by atoms with E-state index in [1.165, 1.54) is 0 Å². The van der Waals surface area contributed by atoms with Crippen LogP contribution in [0.1, 0.15) is 5.56 Å². The van der Waals surface area contributed by atoms with Crippen molar-refractivity contribution in [3.8, 4) is 22.6 Å². The van der Waals surface area contributed by atoms with Gasteiger partial charge in [-0.2, -0.15) is 0 Å². The Labute approximate surface area is 169 Å². The fourth-order valence-electron chi connectivity index (χ4n) is 3.08. The van der Waals surface area contributed by atoms with Crippen LogP contribution in [0.3, 0.4) is 0 Å². The Balaban J connectivity index is 1.35. The first-order chi connectivity index (χ1) is 14.2. The van der Waals surface area contributed by atoms with E-state index in [2.05, 4.69) is 28.5 Å². The summed E-state index contributed by atoms with van der Waals surface area (Å²) in [5.41, 5.74) is 5.04. The number of amides is 1. The number of anilines is 1. The standard InChI is InChI=1S/C24H21N3O2/c1-18-15-20(19-5-3-2-4-6-19)7-12-23(18)26-24(28)16-29-22-10-8-21(9-11-22)27-14-13-25-17-27/h2-15,17H,16H2,1H3,(H,26,28). The van der Waals surface area contributed by atoms with Crippen molar-refractivity contribution in [2.45, 2.75) is 6.92 Å². The SMILES string of the molecule is Cc1cc(-c2ccccc2)ccc1NC(=O)COc1ccc(-n2ccnc2)cc1. The minimum atomic E-state index is -0.195. The van der Waals surface area contributed by atoms with E-state index in [0.717, 1.165) is 28.1 Å². The third-order valence-corrected chi connectivity index (χ3v) is 4.62. The Kier molecular flexibility index (Phi) is 5.38. The molecule has 0 aliphatic rings. The van der Waals surface area contributed by atoms with Crippen molar-refractivity contribution >= 4 is 11.6 Å². The molecule has 0 atom stereocenters. The molecule has 0 unspecified atom stereocenters. The van der Waals surface area contributed by atoms with Crippen LogP contribution in [-0.2, 0) is 4.79 Å². The Hall–Kier alpha value is -3.86. The predicted octanol–water partition coefficient (Wildman–Crippen LogP) is 4.87. The summed E-state index contributed by atoms with van der Waals surface area (Å²) in [5.74, 6) is 0.444. The molecular weight excluding hydrogens is 362 g/mol. The van der Waals surface area contributed by atoms with Crippen molar-refractivity contribution in [2.24, 2.45) is 0 Å². The maximum atomic E-state index is 12.3. The number of rotatable bonds is 6. The van der Waals surface area contributed by atoms with Crippen molar-refractivity contribution in [2.75, 3.05) is 11.9 Å². The number of nitrogens with zero attached hydrogens (tertiary/aromatic N) is 2. The summed E-state index contributed by atoms with van der Waals surface area (Å²) >= 11 is 0. The number of aryl methyl sites for hydroxylation is 1. The van der Waals surface area contributed by atoms with E-state index >= 15 is 0 Å². The second-order valence-electron chi connectivity index (χ2n) is 6.70. The first-order valence-corrected chi connectivity index (χ1v) is 9.36. The maximum Gasteiger partial charge on any atom is 0.262 e. The largest absolute Gasteiger partial charge is 0.484 e. The first-order valence-electron chi connectivity index (χ1n) is 9.36. The van der Waals surface area contributed by atoms with Crippen LogP contribution in [0.15, 0.2) is 91.5 Å². The molecule has 1 heterocycles. The van der Waals surface area contributed by atoms with Crippen molar-refractivity contribution < 1.29 is 9.53 Å². The van der Waals surface area contributed by atoms with Gasteiger partial charge < -0.3 is 14.6 Å². The molecule has 0 bridgehead atoms. The lowest BCUT2D eigenvalue weighted by atomic mass is 10.0. The fourth-order valence-corrected chi connectivity index (χ4v) is 3.08. The van der Waals surface area contributed by atoms with Gasteiger partial charge in [-0.15, -0.1) is 0 Å². The molecule has 5 nitrogen and oxygen atoms in total. The van der Waals surface area contributed by atoms with Crippen LogP contribution in [0.25, 0.3) is 16.8 Å². The summed E-state index contributed by atoms with van der Waals surface area (Å²) in [6.45, 7) is 1.93. The van der Waals surface area contributed by atoms with Gasteiger partial charge in [0, 0.05) is 23.8 Å². The zero-order valence-corrected chi connectivity index (χ0v) is 16.1. The fraction of sp³-hybridized carbons (Fsp3) is 0.0833. The number of aromatic nitrogens is 2. The second kappa shape index (κ2) is 8.44. The van der Waals surface area contributed by atoms with Gasteiger partial charge in [-0.05, 0) is 60.0 Å². The molecule has 4 rings (SSSR count). The average molecular weight is 383 g/mol. The van der Waals surface area contributed by atoms with Gasteiger partial charge in [0.25, 0.3) is 5.91 Å². The van der Waals surface area contributed by atoms with Crippen molar-refractivity contribution in [1.29, 1.82) is 0 Å². The lowest BCUT2D eigenvalue weighted by molar-refractivity contribution is -0.118. The molecule has 1 amide bonds. The van der Waals surface area contributed by atoms with Crippen LogP contribution in [-0.4, -0.2) is 22.1 Å². The molecule has 0 saturated carbocycles. The number of benzene rings is 3. The summed E-state index contributed by atoms with van der Waals surface area (Å²) in [7, 11) is 0. The average Bonchev–Trinajstić information content (AvgIpc) is 3.30. The molecule has 1 N–H and O–H groups in total. The number of imidazole rings is 1. The zero-order valence-electron chi connectivity index (χ0n) is 16.1. The van der Waals surface area contributed by atoms with Crippen LogP contribution >= 0.6 is 0 Å². The van der Waals surface area contributed by atoms with E-state index < -0.39 is 0 Å². The molecule has 4 aromatic rings. The van der Waals surface area contributed by atoms with Gasteiger partial charge >= 0.3 is 0 Å². The van der Waals surface area contributed by atoms with Gasteiger partial charge in [-0.1, -0.05) is 36.4 Å². The minimum Gasteiger partial charge on any atom is -0.484 e. The van der Waals surface area contributed by atoms with Crippen molar-refractivity contribution in [3.05, 3.63) is 97.1 Å². The lowest BCUT2D eigenvalue weighted by Crippen LogP contribution is -2.20. The number of carbonyl (C=O) groups is 1. The van der Waals surface area contributed by atoms with Gasteiger partial charge in [0.1, 0.15) is 5.75 Å². The number of nitrogens with one attached hydrogen (secondary N) is 1. The van der Waals surface area contributed by atoms with Crippen LogP contribution in [0.5, 0.6) is 5.75 Å². The van der Waals surface area contributed by atoms with E-state index in [-0.39, 0.29) is 12.5 Å². The third kappa shape index (κ3) is 4.52. The summed E-state index contributed by atoms with van der Waals surface area (Å²) in [5, 5.41) is 2.92. The summed E-state index contributed by atoms with van der Waals surface area (Å²) < 4.78 is 7.51. The van der Waals surface area contributed by atoms with E-state index in [1.807, 2.05) is 72.3 Å². The quantitative estimate of drug-likeness (QED) is 0.517. The topological polar surface area (TPSA) is 56.1 Å². The van der Waals surface area contributed by atoms with Crippen LogP contribution in [0, 0.1) is 6.92 Å². The molecule has 1 aromatic heterocycles. The third-order valence-electron chi connectivity index (χ3n) is 4.62. The highest BCUT2D eigenvalue weighted by molar-refractivity contribution is 5.93. The highest BCUT2D eigenvalue weighted by Crippen LogP contribution is 2.24. The molecule has 0 saturated heterocycles. The summed E-state index contributed by atoms with van der Waals surface area (Å²) in [6, 6.07) is 23.7. The molecule has 0 aliphatic heterocycles. The lowest BCUT2D eigenvalue weighted by Gasteiger charge is -2.12. The highest BCUT2D eigenvalue weighted by atomic mass is 16.5. The minimum absolute atomic E-state index is 0.0513. The monoisotopic (exact) mass is 383 g/mol. The number of carbonyl (C=O) groups excluding carboxylic acids is 1. The van der Waals surface area contributed by atoms with Crippen LogP contribution in [0.4, 0.5) is 5.69 Å². The number of ether oxygens (including phenoxy) is 1. The van der Waals surface area contributed by atoms with E-state index in [4.69, 9.17) is 4.74 Å². The molecule has 3 aromatic carbocycles. The maximum absolute atomic E-state index is 12.3. The molecule has 5 heteroatoms. The van der Waals surface area contributed by atoms with E-state index in [9.17, 15) is 4.79 Å². The van der Waals surface area contributed by atoms with Crippen LogP contribution in [0.2, 0.25) is 0 Å².